The summed E-state index contributed by atoms with van der Waals surface area (Å²) in [5, 5.41) is 3.56. The van der Waals surface area contributed by atoms with E-state index in [4.69, 9.17) is 4.74 Å². The van der Waals surface area contributed by atoms with Gasteiger partial charge in [0.15, 0.2) is 0 Å². The third-order valence-corrected chi connectivity index (χ3v) is 2.81. The summed E-state index contributed by atoms with van der Waals surface area (Å²) >= 11 is 0. The molecule has 0 spiro atoms. The molecule has 0 fully saturated rings. The SMILES string of the molecule is CCCC(CN(CC)CCOCC)NCC. The molecule has 0 aliphatic rings. The second-order valence-corrected chi connectivity index (χ2v) is 4.13. The molecule has 0 bridgehead atoms. The molecule has 0 aliphatic heterocycles. The second-order valence-electron chi connectivity index (χ2n) is 4.13. The summed E-state index contributed by atoms with van der Waals surface area (Å²) in [4.78, 5) is 2.47. The van der Waals surface area contributed by atoms with E-state index in [2.05, 4.69) is 37.9 Å². The molecule has 0 aromatic carbocycles. The van der Waals surface area contributed by atoms with E-state index in [1.165, 1.54) is 12.8 Å². The van der Waals surface area contributed by atoms with Crippen molar-refractivity contribution in [3.63, 3.8) is 0 Å². The predicted molar refractivity (Wildman–Crippen MR) is 71.0 cm³/mol. The van der Waals surface area contributed by atoms with Gasteiger partial charge in [0.2, 0.25) is 0 Å². The highest BCUT2D eigenvalue weighted by atomic mass is 16.5. The van der Waals surface area contributed by atoms with Gasteiger partial charge in [-0.1, -0.05) is 27.2 Å². The van der Waals surface area contributed by atoms with Gasteiger partial charge in [0.25, 0.3) is 0 Å². The number of likely N-dealkylation sites (N-methyl/N-ethyl adjacent to an activating group) is 2. The Morgan fingerprint density at radius 3 is 2.44 bits per heavy atom. The Balaban J connectivity index is 3.84. The van der Waals surface area contributed by atoms with Crippen LogP contribution in [0.5, 0.6) is 0 Å². The summed E-state index contributed by atoms with van der Waals surface area (Å²) in [5.41, 5.74) is 0. The predicted octanol–water partition coefficient (Wildman–Crippen LogP) is 2.12. The highest BCUT2D eigenvalue weighted by Gasteiger charge is 2.10. The highest BCUT2D eigenvalue weighted by Crippen LogP contribution is 2.00. The van der Waals surface area contributed by atoms with Crippen molar-refractivity contribution in [3.8, 4) is 0 Å². The first-order valence-corrected chi connectivity index (χ1v) is 6.81. The van der Waals surface area contributed by atoms with Crippen LogP contribution in [0.15, 0.2) is 0 Å². The van der Waals surface area contributed by atoms with Gasteiger partial charge in [-0.25, -0.2) is 0 Å². The van der Waals surface area contributed by atoms with Crippen LogP contribution in [-0.4, -0.2) is 50.3 Å². The molecule has 0 saturated carbocycles. The second kappa shape index (κ2) is 11.4. The maximum absolute atomic E-state index is 5.41. The molecule has 3 heteroatoms. The first kappa shape index (κ1) is 15.9. The highest BCUT2D eigenvalue weighted by molar-refractivity contribution is 4.70. The largest absolute Gasteiger partial charge is 0.380 e. The van der Waals surface area contributed by atoms with Gasteiger partial charge in [-0.3, -0.25) is 4.90 Å². The molecular weight excluding hydrogens is 200 g/mol. The van der Waals surface area contributed by atoms with E-state index in [-0.39, 0.29) is 0 Å². The Morgan fingerprint density at radius 1 is 1.19 bits per heavy atom. The quantitative estimate of drug-likeness (QED) is 0.550. The van der Waals surface area contributed by atoms with Gasteiger partial charge in [0, 0.05) is 25.7 Å². The van der Waals surface area contributed by atoms with Crippen LogP contribution in [0.2, 0.25) is 0 Å². The molecule has 1 unspecified atom stereocenters. The molecule has 1 atom stereocenters. The van der Waals surface area contributed by atoms with Gasteiger partial charge in [0.1, 0.15) is 0 Å². The van der Waals surface area contributed by atoms with Crippen molar-refractivity contribution in [1.82, 2.24) is 10.2 Å². The Bertz CT molecular complexity index is 136. The fourth-order valence-electron chi connectivity index (χ4n) is 1.92. The van der Waals surface area contributed by atoms with E-state index in [0.29, 0.717) is 6.04 Å². The van der Waals surface area contributed by atoms with Gasteiger partial charge >= 0.3 is 0 Å². The Hall–Kier alpha value is -0.120. The zero-order chi connectivity index (χ0) is 12.2. The standard InChI is InChI=1S/C13H30N2O/c1-5-9-13(14-6-2)12-15(7-3)10-11-16-8-4/h13-14H,5-12H2,1-4H3. The van der Waals surface area contributed by atoms with E-state index in [1.54, 1.807) is 0 Å². The van der Waals surface area contributed by atoms with E-state index >= 15 is 0 Å². The van der Waals surface area contributed by atoms with Crippen molar-refractivity contribution < 1.29 is 4.74 Å². The molecular formula is C13H30N2O. The average Bonchev–Trinajstić information content (AvgIpc) is 2.28. The fourth-order valence-corrected chi connectivity index (χ4v) is 1.92. The minimum atomic E-state index is 0.636. The summed E-state index contributed by atoms with van der Waals surface area (Å²) < 4.78 is 5.41. The van der Waals surface area contributed by atoms with Crippen molar-refractivity contribution in [1.29, 1.82) is 0 Å². The third-order valence-electron chi connectivity index (χ3n) is 2.81. The Labute approximate surface area is 102 Å². The van der Waals surface area contributed by atoms with Crippen LogP contribution < -0.4 is 5.32 Å². The molecule has 0 aromatic heterocycles. The van der Waals surface area contributed by atoms with Crippen molar-refractivity contribution in [2.75, 3.05) is 39.4 Å². The van der Waals surface area contributed by atoms with Crippen LogP contribution >= 0.6 is 0 Å². The molecule has 98 valence electrons. The summed E-state index contributed by atoms with van der Waals surface area (Å²) in [6.45, 7) is 14.8. The van der Waals surface area contributed by atoms with Crippen molar-refractivity contribution in [3.05, 3.63) is 0 Å². The molecule has 0 aromatic rings. The smallest absolute Gasteiger partial charge is 0.0593 e. The Kier molecular flexibility index (Phi) is 11.3. The lowest BCUT2D eigenvalue weighted by Gasteiger charge is -2.26. The molecule has 0 saturated heterocycles. The number of hydrogen-bond donors (Lipinski definition) is 1. The van der Waals surface area contributed by atoms with Crippen molar-refractivity contribution in [2.45, 2.75) is 46.6 Å². The zero-order valence-corrected chi connectivity index (χ0v) is 11.6. The van der Waals surface area contributed by atoms with Crippen LogP contribution in [-0.2, 0) is 4.74 Å². The summed E-state index contributed by atoms with van der Waals surface area (Å²) in [7, 11) is 0. The first-order chi connectivity index (χ1) is 7.78. The molecule has 3 nitrogen and oxygen atoms in total. The van der Waals surface area contributed by atoms with Gasteiger partial charge in [-0.05, 0) is 26.4 Å². The zero-order valence-electron chi connectivity index (χ0n) is 11.6. The maximum Gasteiger partial charge on any atom is 0.0593 e. The van der Waals surface area contributed by atoms with Crippen LogP contribution in [0.4, 0.5) is 0 Å². The van der Waals surface area contributed by atoms with E-state index in [9.17, 15) is 0 Å². The fraction of sp³-hybridized carbons (Fsp3) is 1.00. The third kappa shape index (κ3) is 8.08. The maximum atomic E-state index is 5.41. The molecule has 0 amide bonds. The average molecular weight is 230 g/mol. The molecule has 16 heavy (non-hydrogen) atoms. The molecule has 0 rings (SSSR count). The monoisotopic (exact) mass is 230 g/mol. The number of nitrogens with one attached hydrogen (secondary N) is 1. The summed E-state index contributed by atoms with van der Waals surface area (Å²) in [6.07, 6.45) is 2.51. The number of hydrogen-bond acceptors (Lipinski definition) is 3. The van der Waals surface area contributed by atoms with Gasteiger partial charge in [-0.15, -0.1) is 0 Å². The summed E-state index contributed by atoms with van der Waals surface area (Å²) in [6, 6.07) is 0.636. The molecule has 0 heterocycles. The minimum absolute atomic E-state index is 0.636. The van der Waals surface area contributed by atoms with Crippen LogP contribution in [0.3, 0.4) is 0 Å². The molecule has 1 N–H and O–H groups in total. The number of rotatable bonds is 11. The molecule has 0 aliphatic carbocycles. The van der Waals surface area contributed by atoms with E-state index in [1.807, 2.05) is 0 Å². The number of nitrogens with zero attached hydrogens (tertiary/aromatic N) is 1. The lowest BCUT2D eigenvalue weighted by atomic mass is 10.1. The van der Waals surface area contributed by atoms with Crippen molar-refractivity contribution >= 4 is 0 Å². The van der Waals surface area contributed by atoms with Crippen LogP contribution in [0.1, 0.15) is 40.5 Å². The lowest BCUT2D eigenvalue weighted by Crippen LogP contribution is -2.42. The first-order valence-electron chi connectivity index (χ1n) is 6.81. The van der Waals surface area contributed by atoms with Gasteiger partial charge < -0.3 is 10.1 Å². The van der Waals surface area contributed by atoms with Crippen LogP contribution in [0, 0.1) is 0 Å². The number of ether oxygens (including phenoxy) is 1. The van der Waals surface area contributed by atoms with E-state index < -0.39 is 0 Å². The van der Waals surface area contributed by atoms with E-state index in [0.717, 1.165) is 39.4 Å². The van der Waals surface area contributed by atoms with Crippen LogP contribution in [0.25, 0.3) is 0 Å². The normalized spacial score (nSPS) is 13.3. The van der Waals surface area contributed by atoms with Crippen molar-refractivity contribution in [2.24, 2.45) is 0 Å². The topological polar surface area (TPSA) is 24.5 Å². The lowest BCUT2D eigenvalue weighted by molar-refractivity contribution is 0.110. The Morgan fingerprint density at radius 2 is 1.94 bits per heavy atom. The van der Waals surface area contributed by atoms with Gasteiger partial charge in [-0.2, -0.15) is 0 Å². The van der Waals surface area contributed by atoms with Gasteiger partial charge in [0.05, 0.1) is 6.61 Å². The minimum Gasteiger partial charge on any atom is -0.380 e. The molecule has 0 radical (unpaired) electrons. The summed E-state index contributed by atoms with van der Waals surface area (Å²) in [5.74, 6) is 0.